The Balaban J connectivity index is 1.86. The molecule has 0 atom stereocenters. The van der Waals surface area contributed by atoms with Crippen molar-refractivity contribution in [3.63, 3.8) is 0 Å². The lowest BCUT2D eigenvalue weighted by Gasteiger charge is -2.15. The van der Waals surface area contributed by atoms with Gasteiger partial charge in [0, 0.05) is 24.7 Å². The molecule has 0 aliphatic heterocycles. The van der Waals surface area contributed by atoms with E-state index in [1.165, 1.54) is 28.6 Å². The molecular formula is C11H9ClN4O2S. The van der Waals surface area contributed by atoms with E-state index >= 15 is 0 Å². The molecule has 0 saturated carbocycles. The van der Waals surface area contributed by atoms with Crippen LogP contribution in [0.4, 0.5) is 0 Å². The number of amides is 1. The lowest BCUT2D eigenvalue weighted by atomic mass is 10.3. The molecule has 1 amide bonds. The lowest BCUT2D eigenvalue weighted by molar-refractivity contribution is 0.0773. The number of nitrogens with zero attached hydrogens (tertiary/aromatic N) is 4. The molecule has 0 unspecified atom stereocenters. The number of carbonyl (C=O) groups excluding carboxylic acids is 1. The number of imidazole rings is 1. The van der Waals surface area contributed by atoms with Gasteiger partial charge in [0.15, 0.2) is 15.8 Å². The molecule has 0 spiro atoms. The molecule has 3 aromatic rings. The van der Waals surface area contributed by atoms with Crippen LogP contribution in [0.25, 0.3) is 4.96 Å². The first kappa shape index (κ1) is 12.2. The lowest BCUT2D eigenvalue weighted by Crippen LogP contribution is -2.27. The molecule has 19 heavy (non-hydrogen) atoms. The van der Waals surface area contributed by atoms with E-state index in [0.29, 0.717) is 11.7 Å². The van der Waals surface area contributed by atoms with Crippen LogP contribution < -0.4 is 0 Å². The molecule has 0 saturated heterocycles. The minimum absolute atomic E-state index is 0.227. The second-order valence-electron chi connectivity index (χ2n) is 3.95. The molecule has 98 valence electrons. The summed E-state index contributed by atoms with van der Waals surface area (Å²) in [6, 6.07) is 1.52. The van der Waals surface area contributed by atoms with Gasteiger partial charge in [-0.1, -0.05) is 16.8 Å². The number of aromatic nitrogens is 3. The first-order chi connectivity index (χ1) is 9.16. The van der Waals surface area contributed by atoms with Crippen LogP contribution in [-0.4, -0.2) is 32.4 Å². The third-order valence-corrected chi connectivity index (χ3v) is 3.76. The Morgan fingerprint density at radius 2 is 2.47 bits per heavy atom. The Morgan fingerprint density at radius 3 is 3.21 bits per heavy atom. The fraction of sp³-hybridized carbons (Fsp3) is 0.182. The third-order valence-electron chi connectivity index (χ3n) is 2.70. The number of fused-ring (bicyclic) bond motifs is 1. The van der Waals surface area contributed by atoms with Gasteiger partial charge in [-0.3, -0.25) is 9.20 Å². The minimum Gasteiger partial charge on any atom is -0.364 e. The third kappa shape index (κ3) is 2.11. The fourth-order valence-corrected chi connectivity index (χ4v) is 2.78. The largest absolute Gasteiger partial charge is 0.364 e. The van der Waals surface area contributed by atoms with Gasteiger partial charge >= 0.3 is 0 Å². The highest BCUT2D eigenvalue weighted by molar-refractivity contribution is 7.15. The van der Waals surface area contributed by atoms with Gasteiger partial charge in [0.2, 0.25) is 0 Å². The zero-order chi connectivity index (χ0) is 13.4. The molecule has 8 heteroatoms. The van der Waals surface area contributed by atoms with E-state index in [1.807, 2.05) is 16.0 Å². The number of rotatable bonds is 3. The summed E-state index contributed by atoms with van der Waals surface area (Å²) in [5.74, 6) is -0.227. The van der Waals surface area contributed by atoms with Gasteiger partial charge in [-0.2, -0.15) is 0 Å². The van der Waals surface area contributed by atoms with E-state index in [-0.39, 0.29) is 11.6 Å². The summed E-state index contributed by atoms with van der Waals surface area (Å²) in [6.45, 7) is 0.350. The number of carbonyl (C=O) groups is 1. The Morgan fingerprint density at radius 1 is 1.63 bits per heavy atom. The van der Waals surface area contributed by atoms with Crippen molar-refractivity contribution in [1.82, 2.24) is 19.4 Å². The smallest absolute Gasteiger partial charge is 0.276 e. The number of halogens is 1. The second kappa shape index (κ2) is 4.67. The molecule has 3 heterocycles. The Kier molecular flexibility index (Phi) is 3.00. The molecule has 0 N–H and O–H groups in total. The maximum absolute atomic E-state index is 12.1. The highest BCUT2D eigenvalue weighted by atomic mass is 35.5. The van der Waals surface area contributed by atoms with Crippen molar-refractivity contribution >= 4 is 33.8 Å². The molecule has 0 aliphatic carbocycles. The van der Waals surface area contributed by atoms with Crippen molar-refractivity contribution in [2.45, 2.75) is 6.54 Å². The van der Waals surface area contributed by atoms with Crippen molar-refractivity contribution in [2.24, 2.45) is 0 Å². The molecule has 6 nitrogen and oxygen atoms in total. The van der Waals surface area contributed by atoms with Gasteiger partial charge in [-0.05, 0) is 0 Å². The van der Waals surface area contributed by atoms with Crippen LogP contribution in [0.3, 0.4) is 0 Å². The molecule has 0 fully saturated rings. The van der Waals surface area contributed by atoms with Crippen LogP contribution in [0, 0.1) is 0 Å². The first-order valence-corrected chi connectivity index (χ1v) is 6.68. The zero-order valence-electron chi connectivity index (χ0n) is 9.91. The van der Waals surface area contributed by atoms with E-state index in [0.717, 1.165) is 10.7 Å². The van der Waals surface area contributed by atoms with Crippen LogP contribution in [0.5, 0.6) is 0 Å². The van der Waals surface area contributed by atoms with Crippen LogP contribution in [0.2, 0.25) is 5.15 Å². The van der Waals surface area contributed by atoms with Gasteiger partial charge in [0.1, 0.15) is 6.26 Å². The second-order valence-corrected chi connectivity index (χ2v) is 5.18. The van der Waals surface area contributed by atoms with E-state index < -0.39 is 0 Å². The van der Waals surface area contributed by atoms with Gasteiger partial charge in [0.25, 0.3) is 5.91 Å². The molecule has 0 radical (unpaired) electrons. The van der Waals surface area contributed by atoms with Crippen LogP contribution >= 0.6 is 22.9 Å². The summed E-state index contributed by atoms with van der Waals surface area (Å²) >= 11 is 7.58. The van der Waals surface area contributed by atoms with E-state index in [1.54, 1.807) is 7.05 Å². The average Bonchev–Trinajstić information content (AvgIpc) is 3.08. The number of hydrogen-bond acceptors (Lipinski definition) is 5. The standard InChI is InChI=1S/C11H9ClN4O2S/c1-15(10(17)7-2-4-18-14-7)6-8-9(12)13-11-16(8)3-5-19-11/h2-5H,6H2,1H3. The van der Waals surface area contributed by atoms with Gasteiger partial charge in [-0.25, -0.2) is 4.98 Å². The average molecular weight is 297 g/mol. The van der Waals surface area contributed by atoms with Crippen molar-refractivity contribution in [3.05, 3.63) is 40.4 Å². The highest BCUT2D eigenvalue weighted by Gasteiger charge is 2.19. The summed E-state index contributed by atoms with van der Waals surface area (Å²) < 4.78 is 6.54. The first-order valence-electron chi connectivity index (χ1n) is 5.42. The molecule has 3 rings (SSSR count). The quantitative estimate of drug-likeness (QED) is 0.744. The van der Waals surface area contributed by atoms with Crippen LogP contribution in [0.15, 0.2) is 28.4 Å². The monoisotopic (exact) mass is 296 g/mol. The highest BCUT2D eigenvalue weighted by Crippen LogP contribution is 2.22. The summed E-state index contributed by atoms with van der Waals surface area (Å²) in [7, 11) is 1.68. The predicted octanol–water partition coefficient (Wildman–Crippen LogP) is 2.31. The van der Waals surface area contributed by atoms with Crippen molar-refractivity contribution in [2.75, 3.05) is 7.05 Å². The summed E-state index contributed by atoms with van der Waals surface area (Å²) in [5.41, 5.74) is 1.04. The van der Waals surface area contributed by atoms with Gasteiger partial charge < -0.3 is 9.42 Å². The van der Waals surface area contributed by atoms with E-state index in [4.69, 9.17) is 11.6 Å². The maximum atomic E-state index is 12.1. The van der Waals surface area contributed by atoms with Crippen molar-refractivity contribution in [1.29, 1.82) is 0 Å². The molecule has 3 aromatic heterocycles. The normalized spacial score (nSPS) is 11.1. The minimum atomic E-state index is -0.227. The fourth-order valence-electron chi connectivity index (χ4n) is 1.76. The zero-order valence-corrected chi connectivity index (χ0v) is 11.5. The number of thiazole rings is 1. The van der Waals surface area contributed by atoms with Gasteiger partial charge in [0.05, 0.1) is 12.2 Å². The van der Waals surface area contributed by atoms with Crippen LogP contribution in [0.1, 0.15) is 16.2 Å². The van der Waals surface area contributed by atoms with Crippen molar-refractivity contribution < 1.29 is 9.32 Å². The summed E-state index contributed by atoms with van der Waals surface area (Å²) in [4.78, 5) is 18.6. The van der Waals surface area contributed by atoms with E-state index in [9.17, 15) is 4.79 Å². The predicted molar refractivity (Wildman–Crippen MR) is 70.4 cm³/mol. The Hall–Kier alpha value is -1.86. The van der Waals surface area contributed by atoms with Gasteiger partial charge in [-0.15, -0.1) is 11.3 Å². The number of hydrogen-bond donors (Lipinski definition) is 0. The topological polar surface area (TPSA) is 63.6 Å². The summed E-state index contributed by atoms with van der Waals surface area (Å²) in [5, 5.41) is 5.95. The summed E-state index contributed by atoms with van der Waals surface area (Å²) in [6.07, 6.45) is 3.24. The Bertz CT molecular complexity index is 718. The Labute approximate surface area is 117 Å². The molecule has 0 aromatic carbocycles. The molecule has 0 bridgehead atoms. The van der Waals surface area contributed by atoms with E-state index in [2.05, 4.69) is 14.7 Å². The molecule has 0 aliphatic rings. The maximum Gasteiger partial charge on any atom is 0.276 e. The van der Waals surface area contributed by atoms with Crippen molar-refractivity contribution in [3.8, 4) is 0 Å². The van der Waals surface area contributed by atoms with Crippen LogP contribution in [-0.2, 0) is 6.54 Å². The molecular weight excluding hydrogens is 288 g/mol. The SMILES string of the molecule is CN(Cc1c(Cl)nc2sccn12)C(=O)c1ccon1.